The predicted octanol–water partition coefficient (Wildman–Crippen LogP) is 0.190. The molecular weight excluding hydrogens is 246 g/mol. The van der Waals surface area contributed by atoms with Gasteiger partial charge in [-0.25, -0.2) is 0 Å². The fourth-order valence-electron chi connectivity index (χ4n) is 2.10. The summed E-state index contributed by atoms with van der Waals surface area (Å²) in [6.07, 6.45) is 1.96. The molecule has 6 heteroatoms. The number of carbonyl (C=O) groups excluding carboxylic acids is 3. The molecule has 2 rings (SSSR count). The van der Waals surface area contributed by atoms with E-state index >= 15 is 0 Å². The molecule has 102 valence electrons. The summed E-state index contributed by atoms with van der Waals surface area (Å²) < 4.78 is 1.65. The molecule has 0 bridgehead atoms. The van der Waals surface area contributed by atoms with E-state index in [9.17, 15) is 14.4 Å². The first-order valence-corrected chi connectivity index (χ1v) is 6.22. The third-order valence-electron chi connectivity index (χ3n) is 3.23. The molecule has 2 amide bonds. The van der Waals surface area contributed by atoms with E-state index in [0.717, 1.165) is 0 Å². The molecule has 6 nitrogen and oxygen atoms in total. The van der Waals surface area contributed by atoms with Crippen LogP contribution in [0.5, 0.6) is 0 Å². The largest absolute Gasteiger partial charge is 0.354 e. The van der Waals surface area contributed by atoms with Crippen LogP contribution in [-0.2, 0) is 11.8 Å². The molecule has 0 saturated carbocycles. The van der Waals surface area contributed by atoms with Gasteiger partial charge in [0.25, 0.3) is 5.91 Å². The molecule has 0 unspecified atom stereocenters. The standard InChI is InChI=1S/C13H17N3O3/c1-9(17)10-7-11(15(2)8-10)13(19)16-5-3-12(18)14-4-6-16/h7-8H,3-6H2,1-2H3,(H,14,18). The van der Waals surface area contributed by atoms with Crippen molar-refractivity contribution in [2.45, 2.75) is 13.3 Å². The summed E-state index contributed by atoms with van der Waals surface area (Å²) in [6.45, 7) is 2.84. The van der Waals surface area contributed by atoms with Gasteiger partial charge in [0.1, 0.15) is 5.69 Å². The smallest absolute Gasteiger partial charge is 0.270 e. The fraction of sp³-hybridized carbons (Fsp3) is 0.462. The van der Waals surface area contributed by atoms with Crippen molar-refractivity contribution in [2.24, 2.45) is 7.05 Å². The van der Waals surface area contributed by atoms with Gasteiger partial charge in [0.05, 0.1) is 0 Å². The number of aromatic nitrogens is 1. The van der Waals surface area contributed by atoms with Crippen molar-refractivity contribution in [1.29, 1.82) is 0 Å². The van der Waals surface area contributed by atoms with Crippen LogP contribution in [-0.4, -0.2) is 46.7 Å². The Bertz CT molecular complexity index is 533. The highest BCUT2D eigenvalue weighted by molar-refractivity contribution is 5.99. The number of aryl methyl sites for hydroxylation is 1. The summed E-state index contributed by atoms with van der Waals surface area (Å²) in [4.78, 5) is 36.6. The first-order chi connectivity index (χ1) is 8.99. The SMILES string of the molecule is CC(=O)c1cc(C(=O)N2CCNC(=O)CC2)n(C)c1. The zero-order valence-corrected chi connectivity index (χ0v) is 11.1. The Morgan fingerprint density at radius 3 is 2.68 bits per heavy atom. The summed E-state index contributed by atoms with van der Waals surface area (Å²) in [5, 5.41) is 2.73. The normalized spacial score (nSPS) is 15.9. The molecule has 1 aliphatic heterocycles. The molecule has 0 atom stereocenters. The molecule has 1 N–H and O–H groups in total. The molecule has 1 aromatic rings. The zero-order chi connectivity index (χ0) is 14.0. The number of nitrogens with one attached hydrogen (secondary N) is 1. The Kier molecular flexibility index (Phi) is 3.69. The summed E-state index contributed by atoms with van der Waals surface area (Å²) >= 11 is 0. The lowest BCUT2D eigenvalue weighted by atomic mass is 10.2. The van der Waals surface area contributed by atoms with Crippen LogP contribution in [0.4, 0.5) is 0 Å². The van der Waals surface area contributed by atoms with Crippen LogP contribution in [0.15, 0.2) is 12.3 Å². The van der Waals surface area contributed by atoms with Gasteiger partial charge in [-0.05, 0) is 13.0 Å². The average molecular weight is 263 g/mol. The van der Waals surface area contributed by atoms with E-state index in [2.05, 4.69) is 5.32 Å². The number of Topliss-reactive ketones (excluding diaryl/α,β-unsaturated/α-hetero) is 1. The lowest BCUT2D eigenvalue weighted by molar-refractivity contribution is -0.120. The maximum Gasteiger partial charge on any atom is 0.270 e. The second-order valence-electron chi connectivity index (χ2n) is 4.67. The first kappa shape index (κ1) is 13.3. The zero-order valence-electron chi connectivity index (χ0n) is 11.1. The van der Waals surface area contributed by atoms with Crippen LogP contribution < -0.4 is 5.32 Å². The number of amides is 2. The predicted molar refractivity (Wildman–Crippen MR) is 68.9 cm³/mol. The van der Waals surface area contributed by atoms with Gasteiger partial charge in [-0.1, -0.05) is 0 Å². The summed E-state index contributed by atoms with van der Waals surface area (Å²) in [7, 11) is 1.74. The van der Waals surface area contributed by atoms with Gasteiger partial charge in [-0.15, -0.1) is 0 Å². The molecule has 2 heterocycles. The molecule has 0 aromatic carbocycles. The van der Waals surface area contributed by atoms with Gasteiger partial charge in [-0.2, -0.15) is 0 Å². The van der Waals surface area contributed by atoms with Crippen molar-refractivity contribution in [3.8, 4) is 0 Å². The van der Waals surface area contributed by atoms with E-state index < -0.39 is 0 Å². The van der Waals surface area contributed by atoms with E-state index in [1.54, 1.807) is 28.8 Å². The van der Waals surface area contributed by atoms with Crippen molar-refractivity contribution in [2.75, 3.05) is 19.6 Å². The highest BCUT2D eigenvalue weighted by Crippen LogP contribution is 2.12. The highest BCUT2D eigenvalue weighted by atomic mass is 16.2. The van der Waals surface area contributed by atoms with Crippen LogP contribution in [0.3, 0.4) is 0 Å². The van der Waals surface area contributed by atoms with Gasteiger partial charge in [0.2, 0.25) is 5.91 Å². The van der Waals surface area contributed by atoms with Crippen molar-refractivity contribution < 1.29 is 14.4 Å². The van der Waals surface area contributed by atoms with Gasteiger partial charge in [0.15, 0.2) is 5.78 Å². The number of hydrogen-bond donors (Lipinski definition) is 1. The molecule has 0 radical (unpaired) electrons. The molecule has 0 spiro atoms. The van der Waals surface area contributed by atoms with E-state index in [4.69, 9.17) is 0 Å². The Labute approximate surface area is 111 Å². The monoisotopic (exact) mass is 263 g/mol. The Morgan fingerprint density at radius 1 is 1.32 bits per heavy atom. The lowest BCUT2D eigenvalue weighted by Gasteiger charge is -2.19. The Balaban J connectivity index is 2.19. The maximum atomic E-state index is 12.4. The fourth-order valence-corrected chi connectivity index (χ4v) is 2.10. The summed E-state index contributed by atoms with van der Waals surface area (Å²) in [6, 6.07) is 1.60. The summed E-state index contributed by atoms with van der Waals surface area (Å²) in [5.74, 6) is -0.250. The second kappa shape index (κ2) is 5.26. The van der Waals surface area contributed by atoms with E-state index in [1.807, 2.05) is 0 Å². The van der Waals surface area contributed by atoms with Gasteiger partial charge in [0, 0.05) is 44.9 Å². The van der Waals surface area contributed by atoms with E-state index in [1.165, 1.54) is 6.92 Å². The lowest BCUT2D eigenvalue weighted by Crippen LogP contribution is -2.35. The molecule has 1 fully saturated rings. The average Bonchev–Trinajstić information content (AvgIpc) is 2.61. The Hall–Kier alpha value is -2.11. The third-order valence-corrected chi connectivity index (χ3v) is 3.23. The number of hydrogen-bond acceptors (Lipinski definition) is 3. The molecule has 1 saturated heterocycles. The number of nitrogens with zero attached hydrogens (tertiary/aromatic N) is 2. The van der Waals surface area contributed by atoms with Gasteiger partial charge < -0.3 is 14.8 Å². The van der Waals surface area contributed by atoms with Crippen LogP contribution in [0.25, 0.3) is 0 Å². The van der Waals surface area contributed by atoms with Crippen molar-refractivity contribution in [3.05, 3.63) is 23.5 Å². The summed E-state index contributed by atoms with van der Waals surface area (Å²) in [5.41, 5.74) is 0.995. The molecule has 1 aromatic heterocycles. The van der Waals surface area contributed by atoms with Crippen molar-refractivity contribution >= 4 is 17.6 Å². The van der Waals surface area contributed by atoms with Crippen LogP contribution >= 0.6 is 0 Å². The Morgan fingerprint density at radius 2 is 2.05 bits per heavy atom. The van der Waals surface area contributed by atoms with Gasteiger partial charge in [-0.3, -0.25) is 14.4 Å². The number of carbonyl (C=O) groups is 3. The minimum atomic E-state index is -0.147. The quantitative estimate of drug-likeness (QED) is 0.774. The number of ketones is 1. The van der Waals surface area contributed by atoms with Gasteiger partial charge >= 0.3 is 0 Å². The van der Waals surface area contributed by atoms with E-state index in [0.29, 0.717) is 37.3 Å². The minimum Gasteiger partial charge on any atom is -0.354 e. The van der Waals surface area contributed by atoms with Crippen LogP contribution in [0.2, 0.25) is 0 Å². The van der Waals surface area contributed by atoms with Crippen molar-refractivity contribution in [1.82, 2.24) is 14.8 Å². The molecule has 19 heavy (non-hydrogen) atoms. The molecular formula is C13H17N3O3. The third kappa shape index (κ3) is 2.83. The minimum absolute atomic E-state index is 0.0355. The van der Waals surface area contributed by atoms with Crippen molar-refractivity contribution in [3.63, 3.8) is 0 Å². The maximum absolute atomic E-state index is 12.4. The van der Waals surface area contributed by atoms with Crippen LogP contribution in [0, 0.1) is 0 Å². The highest BCUT2D eigenvalue weighted by Gasteiger charge is 2.22. The van der Waals surface area contributed by atoms with E-state index in [-0.39, 0.29) is 17.6 Å². The van der Waals surface area contributed by atoms with Crippen LogP contribution in [0.1, 0.15) is 34.2 Å². The second-order valence-corrected chi connectivity index (χ2v) is 4.67. The topological polar surface area (TPSA) is 71.4 Å². The molecule has 1 aliphatic rings. The molecule has 0 aliphatic carbocycles. The number of rotatable bonds is 2. The first-order valence-electron chi connectivity index (χ1n) is 6.22.